The molecular formula is C17H15BrN4O2S. The second-order valence-corrected chi connectivity index (χ2v) is 7.50. The summed E-state index contributed by atoms with van der Waals surface area (Å²) in [5.74, 6) is -0.165. The summed E-state index contributed by atoms with van der Waals surface area (Å²) in [6, 6.07) is 12.7. The van der Waals surface area contributed by atoms with Gasteiger partial charge in [0.1, 0.15) is 5.75 Å². The molecule has 0 saturated heterocycles. The van der Waals surface area contributed by atoms with Crippen molar-refractivity contribution in [2.24, 2.45) is 5.10 Å². The van der Waals surface area contributed by atoms with Crippen LogP contribution in [0.2, 0.25) is 0 Å². The fraction of sp³-hybridized carbons (Fsp3) is 0.118. The van der Waals surface area contributed by atoms with Gasteiger partial charge in [-0.05, 0) is 37.3 Å². The van der Waals surface area contributed by atoms with Gasteiger partial charge in [-0.1, -0.05) is 39.8 Å². The normalized spacial score (nSPS) is 12.6. The summed E-state index contributed by atoms with van der Waals surface area (Å²) < 4.78 is 0.812. The first-order valence-electron chi connectivity index (χ1n) is 7.46. The number of aromatic amines is 1. The Hall–Kier alpha value is -2.32. The molecule has 2 aromatic carbocycles. The Morgan fingerprint density at radius 1 is 1.40 bits per heavy atom. The van der Waals surface area contributed by atoms with Crippen LogP contribution in [0.1, 0.15) is 12.5 Å². The van der Waals surface area contributed by atoms with E-state index in [1.54, 1.807) is 25.1 Å². The average molecular weight is 419 g/mol. The fourth-order valence-corrected chi connectivity index (χ4v) is 3.28. The minimum Gasteiger partial charge on any atom is -0.507 e. The highest BCUT2D eigenvalue weighted by molar-refractivity contribution is 9.10. The Morgan fingerprint density at radius 3 is 3.00 bits per heavy atom. The van der Waals surface area contributed by atoms with Crippen LogP contribution in [0.15, 0.2) is 57.2 Å². The molecule has 0 aliphatic heterocycles. The Balaban J connectivity index is 1.60. The zero-order chi connectivity index (χ0) is 17.8. The number of rotatable bonds is 5. The molecule has 6 nitrogen and oxygen atoms in total. The Bertz CT molecular complexity index is 908. The number of amides is 1. The van der Waals surface area contributed by atoms with Crippen molar-refractivity contribution in [1.29, 1.82) is 0 Å². The van der Waals surface area contributed by atoms with Crippen LogP contribution < -0.4 is 5.43 Å². The van der Waals surface area contributed by atoms with Gasteiger partial charge in [0.15, 0.2) is 5.16 Å². The lowest BCUT2D eigenvalue weighted by Gasteiger charge is -2.07. The third-order valence-electron chi connectivity index (χ3n) is 3.39. The maximum absolute atomic E-state index is 12.1. The van der Waals surface area contributed by atoms with Crippen LogP contribution in [0.3, 0.4) is 0 Å². The van der Waals surface area contributed by atoms with Crippen LogP contribution in [-0.2, 0) is 4.79 Å². The topological polar surface area (TPSA) is 90.4 Å². The predicted molar refractivity (Wildman–Crippen MR) is 103 cm³/mol. The van der Waals surface area contributed by atoms with E-state index in [2.05, 4.69) is 36.4 Å². The fourth-order valence-electron chi connectivity index (χ4n) is 2.09. The van der Waals surface area contributed by atoms with Crippen LogP contribution in [0.5, 0.6) is 5.75 Å². The molecule has 1 amide bonds. The van der Waals surface area contributed by atoms with Crippen molar-refractivity contribution in [1.82, 2.24) is 15.4 Å². The molecule has 8 heteroatoms. The largest absolute Gasteiger partial charge is 0.507 e. The lowest BCUT2D eigenvalue weighted by atomic mass is 10.2. The number of imidazole rings is 1. The molecule has 0 aliphatic rings. The number of phenolic OH excluding ortho intramolecular Hbond substituents is 1. The number of nitrogens with one attached hydrogen (secondary N) is 2. The third-order valence-corrected chi connectivity index (χ3v) is 4.87. The van der Waals surface area contributed by atoms with E-state index < -0.39 is 0 Å². The molecule has 1 atom stereocenters. The second kappa shape index (κ2) is 7.71. The van der Waals surface area contributed by atoms with E-state index in [0.29, 0.717) is 10.7 Å². The van der Waals surface area contributed by atoms with Crippen molar-refractivity contribution in [2.75, 3.05) is 0 Å². The van der Waals surface area contributed by atoms with Crippen molar-refractivity contribution < 1.29 is 9.90 Å². The maximum atomic E-state index is 12.1. The van der Waals surface area contributed by atoms with Crippen molar-refractivity contribution in [3.63, 3.8) is 0 Å². The first-order chi connectivity index (χ1) is 12.0. The summed E-state index contributed by atoms with van der Waals surface area (Å²) in [5, 5.41) is 13.9. The van der Waals surface area contributed by atoms with Gasteiger partial charge in [-0.15, -0.1) is 0 Å². The van der Waals surface area contributed by atoms with E-state index in [9.17, 15) is 9.90 Å². The number of H-pyrrole nitrogens is 1. The average Bonchev–Trinajstić information content (AvgIpc) is 3.00. The monoisotopic (exact) mass is 418 g/mol. The van der Waals surface area contributed by atoms with Gasteiger partial charge in [-0.25, -0.2) is 10.4 Å². The van der Waals surface area contributed by atoms with Crippen molar-refractivity contribution >= 4 is 50.8 Å². The zero-order valence-corrected chi connectivity index (χ0v) is 15.6. The predicted octanol–water partition coefficient (Wildman–Crippen LogP) is 3.66. The van der Waals surface area contributed by atoms with Gasteiger partial charge in [0.05, 0.1) is 22.5 Å². The van der Waals surface area contributed by atoms with Crippen LogP contribution in [0, 0.1) is 0 Å². The number of nitrogens with zero attached hydrogens (tertiary/aromatic N) is 2. The summed E-state index contributed by atoms with van der Waals surface area (Å²) in [6.07, 6.45) is 1.40. The molecule has 1 heterocycles. The number of halogens is 1. The van der Waals surface area contributed by atoms with Gasteiger partial charge < -0.3 is 10.1 Å². The number of hydrazone groups is 1. The van der Waals surface area contributed by atoms with E-state index >= 15 is 0 Å². The number of thioether (sulfide) groups is 1. The number of carbonyl (C=O) groups is 1. The third kappa shape index (κ3) is 4.40. The summed E-state index contributed by atoms with van der Waals surface area (Å²) in [7, 11) is 0. The standard InChI is InChI=1S/C17H15BrN4O2S/c1-10(25-17-20-13-4-2-3-5-14(13)21-17)16(24)22-19-9-11-8-12(18)6-7-15(11)23/h2-10,23H,1H3,(H,20,21)(H,22,24). The van der Waals surface area contributed by atoms with Gasteiger partial charge in [0.25, 0.3) is 5.91 Å². The van der Waals surface area contributed by atoms with Gasteiger partial charge in [0.2, 0.25) is 0 Å². The summed E-state index contributed by atoms with van der Waals surface area (Å²) in [5.41, 5.74) is 4.77. The number of aromatic nitrogens is 2. The lowest BCUT2D eigenvalue weighted by Crippen LogP contribution is -2.26. The van der Waals surface area contributed by atoms with Crippen LogP contribution in [-0.4, -0.2) is 32.4 Å². The number of fused-ring (bicyclic) bond motifs is 1. The number of hydrogen-bond acceptors (Lipinski definition) is 5. The molecule has 128 valence electrons. The van der Waals surface area contributed by atoms with Gasteiger partial charge in [-0.2, -0.15) is 5.10 Å². The molecule has 3 N–H and O–H groups in total. The smallest absolute Gasteiger partial charge is 0.253 e. The minimum atomic E-state index is -0.381. The summed E-state index contributed by atoms with van der Waals surface area (Å²) >= 11 is 4.64. The molecule has 3 aromatic rings. The van der Waals surface area contributed by atoms with E-state index in [1.165, 1.54) is 18.0 Å². The molecule has 0 spiro atoms. The first kappa shape index (κ1) is 17.5. The van der Waals surface area contributed by atoms with E-state index in [1.807, 2.05) is 24.3 Å². The number of benzene rings is 2. The number of phenols is 1. The molecule has 3 rings (SSSR count). The van der Waals surface area contributed by atoms with Gasteiger partial charge in [-0.3, -0.25) is 4.79 Å². The summed E-state index contributed by atoms with van der Waals surface area (Å²) in [6.45, 7) is 1.78. The van der Waals surface area contributed by atoms with Crippen LogP contribution in [0.25, 0.3) is 11.0 Å². The molecule has 0 saturated carbocycles. The molecule has 25 heavy (non-hydrogen) atoms. The lowest BCUT2D eigenvalue weighted by molar-refractivity contribution is -0.120. The number of carbonyl (C=O) groups excluding carboxylic acids is 1. The van der Waals surface area contributed by atoms with Crippen molar-refractivity contribution in [3.05, 3.63) is 52.5 Å². The van der Waals surface area contributed by atoms with E-state index in [4.69, 9.17) is 0 Å². The number of aromatic hydroxyl groups is 1. The van der Waals surface area contributed by atoms with Crippen LogP contribution >= 0.6 is 27.7 Å². The zero-order valence-electron chi connectivity index (χ0n) is 13.2. The number of para-hydroxylation sites is 2. The molecule has 0 aliphatic carbocycles. The molecule has 1 aromatic heterocycles. The Labute approximate surface area is 156 Å². The maximum Gasteiger partial charge on any atom is 0.253 e. The Kier molecular flexibility index (Phi) is 5.40. The highest BCUT2D eigenvalue weighted by Crippen LogP contribution is 2.23. The second-order valence-electron chi connectivity index (χ2n) is 5.26. The SMILES string of the molecule is CC(Sc1nc2ccccc2[nH]1)C(=O)NN=Cc1cc(Br)ccc1O. The molecule has 1 unspecified atom stereocenters. The molecular weight excluding hydrogens is 404 g/mol. The first-order valence-corrected chi connectivity index (χ1v) is 9.13. The Morgan fingerprint density at radius 2 is 2.20 bits per heavy atom. The minimum absolute atomic E-state index is 0.0888. The van der Waals surface area contributed by atoms with Gasteiger partial charge in [0, 0.05) is 10.0 Å². The molecule has 0 fully saturated rings. The molecule has 0 bridgehead atoms. The van der Waals surface area contributed by atoms with Crippen LogP contribution in [0.4, 0.5) is 0 Å². The summed E-state index contributed by atoms with van der Waals surface area (Å²) in [4.78, 5) is 19.8. The number of hydrogen-bond donors (Lipinski definition) is 3. The highest BCUT2D eigenvalue weighted by atomic mass is 79.9. The van der Waals surface area contributed by atoms with E-state index in [0.717, 1.165) is 15.5 Å². The van der Waals surface area contributed by atoms with Crippen molar-refractivity contribution in [2.45, 2.75) is 17.3 Å². The molecule has 0 radical (unpaired) electrons. The quantitative estimate of drug-likeness (QED) is 0.335. The van der Waals surface area contributed by atoms with Crippen molar-refractivity contribution in [3.8, 4) is 5.75 Å². The van der Waals surface area contributed by atoms with Gasteiger partial charge >= 0.3 is 0 Å². The van der Waals surface area contributed by atoms with E-state index in [-0.39, 0.29) is 16.9 Å². The highest BCUT2D eigenvalue weighted by Gasteiger charge is 2.16.